The van der Waals surface area contributed by atoms with Crippen LogP contribution in [0.15, 0.2) is 12.3 Å². The highest BCUT2D eigenvalue weighted by molar-refractivity contribution is 5.80. The minimum atomic E-state index is -0.0474. The Hall–Kier alpha value is -1.62. The van der Waals surface area contributed by atoms with Gasteiger partial charge in [0.05, 0.1) is 6.54 Å². The molecule has 5 heteroatoms. The second kappa shape index (κ2) is 5.46. The van der Waals surface area contributed by atoms with Crippen LogP contribution in [0.25, 0.3) is 0 Å². The Morgan fingerprint density at radius 3 is 2.88 bits per heavy atom. The van der Waals surface area contributed by atoms with Crippen LogP contribution in [0.1, 0.15) is 11.1 Å². The smallest absolute Gasteiger partial charge is 0.239 e. The average Bonchev–Trinajstić information content (AvgIpc) is 2.28. The molecule has 3 N–H and O–H groups in total. The fourth-order valence-electron chi connectivity index (χ4n) is 1.53. The molecule has 0 aliphatic heterocycles. The number of nitrogens with one attached hydrogen (secondary N) is 1. The van der Waals surface area contributed by atoms with Crippen LogP contribution in [0.4, 0.5) is 5.82 Å². The van der Waals surface area contributed by atoms with Gasteiger partial charge in [0, 0.05) is 32.4 Å². The van der Waals surface area contributed by atoms with Gasteiger partial charge in [0.1, 0.15) is 5.82 Å². The Balaban J connectivity index is 2.94. The highest BCUT2D eigenvalue weighted by atomic mass is 16.1. The van der Waals surface area contributed by atoms with E-state index in [9.17, 15) is 4.79 Å². The largest absolute Gasteiger partial charge is 0.358 e. The van der Waals surface area contributed by atoms with Crippen LogP contribution >= 0.6 is 0 Å². The molecule has 16 heavy (non-hydrogen) atoms. The van der Waals surface area contributed by atoms with Crippen LogP contribution in [0.2, 0.25) is 0 Å². The summed E-state index contributed by atoms with van der Waals surface area (Å²) in [6.45, 7) is 2.69. The van der Waals surface area contributed by atoms with Crippen LogP contribution < -0.4 is 16.0 Å². The lowest BCUT2D eigenvalue weighted by Crippen LogP contribution is -2.34. The molecule has 0 radical (unpaired) electrons. The molecule has 1 aromatic heterocycles. The predicted octanol–water partition coefficient (Wildman–Crippen LogP) is 0.0309. The van der Waals surface area contributed by atoms with E-state index in [0.717, 1.165) is 16.9 Å². The zero-order valence-electron chi connectivity index (χ0n) is 9.95. The van der Waals surface area contributed by atoms with Crippen LogP contribution in [0.5, 0.6) is 0 Å². The maximum absolute atomic E-state index is 11.3. The zero-order valence-corrected chi connectivity index (χ0v) is 9.95. The van der Waals surface area contributed by atoms with Crippen LogP contribution in [-0.4, -0.2) is 31.5 Å². The van der Waals surface area contributed by atoms with Crippen LogP contribution in [0, 0.1) is 6.92 Å². The van der Waals surface area contributed by atoms with Crippen molar-refractivity contribution in [3.8, 4) is 0 Å². The van der Waals surface area contributed by atoms with E-state index in [2.05, 4.69) is 10.3 Å². The predicted molar refractivity (Wildman–Crippen MR) is 64.2 cm³/mol. The Kier molecular flexibility index (Phi) is 4.25. The maximum Gasteiger partial charge on any atom is 0.239 e. The Morgan fingerprint density at radius 1 is 1.62 bits per heavy atom. The Labute approximate surface area is 95.7 Å². The summed E-state index contributed by atoms with van der Waals surface area (Å²) in [6, 6.07) is 1.92. The second-order valence-corrected chi connectivity index (χ2v) is 3.66. The first-order valence-electron chi connectivity index (χ1n) is 5.16. The van der Waals surface area contributed by atoms with Crippen molar-refractivity contribution in [2.24, 2.45) is 5.73 Å². The lowest BCUT2D eigenvalue weighted by molar-refractivity contribution is -0.119. The summed E-state index contributed by atoms with van der Waals surface area (Å²) in [5, 5.41) is 2.58. The lowest BCUT2D eigenvalue weighted by Gasteiger charge is -2.20. The zero-order chi connectivity index (χ0) is 12.1. The van der Waals surface area contributed by atoms with Gasteiger partial charge in [-0.25, -0.2) is 4.98 Å². The molecule has 0 aliphatic rings. The van der Waals surface area contributed by atoms with Gasteiger partial charge >= 0.3 is 0 Å². The third-order valence-electron chi connectivity index (χ3n) is 2.49. The summed E-state index contributed by atoms with van der Waals surface area (Å²) in [5.74, 6) is 0.722. The topological polar surface area (TPSA) is 71.2 Å². The van der Waals surface area contributed by atoms with Gasteiger partial charge in [0.2, 0.25) is 5.91 Å². The number of nitrogens with zero attached hydrogens (tertiary/aromatic N) is 2. The highest BCUT2D eigenvalue weighted by Crippen LogP contribution is 2.18. The molecule has 0 aliphatic carbocycles. The van der Waals surface area contributed by atoms with E-state index < -0.39 is 0 Å². The Morgan fingerprint density at radius 2 is 2.31 bits per heavy atom. The van der Waals surface area contributed by atoms with E-state index in [1.54, 1.807) is 18.1 Å². The fourth-order valence-corrected chi connectivity index (χ4v) is 1.53. The van der Waals surface area contributed by atoms with Crippen molar-refractivity contribution >= 4 is 11.7 Å². The van der Waals surface area contributed by atoms with Gasteiger partial charge in [-0.3, -0.25) is 4.79 Å². The summed E-state index contributed by atoms with van der Waals surface area (Å²) >= 11 is 0. The lowest BCUT2D eigenvalue weighted by atomic mass is 10.1. The fraction of sp³-hybridized carbons (Fsp3) is 0.455. The summed E-state index contributed by atoms with van der Waals surface area (Å²) in [7, 11) is 3.44. The molecule has 0 spiro atoms. The third kappa shape index (κ3) is 2.70. The normalized spacial score (nSPS) is 10.0. The SMILES string of the molecule is CNC(=O)CN(C)c1nccc(C)c1CN. The van der Waals surface area contributed by atoms with Crippen molar-refractivity contribution in [3.05, 3.63) is 23.4 Å². The number of rotatable bonds is 4. The van der Waals surface area contributed by atoms with Crippen molar-refractivity contribution in [1.82, 2.24) is 10.3 Å². The van der Waals surface area contributed by atoms with Gasteiger partial charge in [-0.2, -0.15) is 0 Å². The van der Waals surface area contributed by atoms with E-state index in [1.807, 2.05) is 20.0 Å². The van der Waals surface area contributed by atoms with E-state index >= 15 is 0 Å². The molecule has 1 amide bonds. The molecule has 1 heterocycles. The number of hydrogen-bond acceptors (Lipinski definition) is 4. The molecule has 0 unspecified atom stereocenters. The first kappa shape index (κ1) is 12.4. The molecule has 0 fully saturated rings. The molecule has 5 nitrogen and oxygen atoms in total. The Bertz CT molecular complexity index is 378. The van der Waals surface area contributed by atoms with Crippen molar-refractivity contribution in [2.75, 3.05) is 25.5 Å². The standard InChI is InChI=1S/C11H18N4O/c1-8-4-5-14-11(9(8)6-12)15(3)7-10(16)13-2/h4-5H,6-7,12H2,1-3H3,(H,13,16). The molecule has 1 rings (SSSR count). The van der Waals surface area contributed by atoms with Gasteiger partial charge in [0.25, 0.3) is 0 Å². The minimum Gasteiger partial charge on any atom is -0.358 e. The van der Waals surface area contributed by atoms with Crippen molar-refractivity contribution < 1.29 is 4.79 Å². The summed E-state index contributed by atoms with van der Waals surface area (Å²) in [6.07, 6.45) is 1.73. The van der Waals surface area contributed by atoms with Crippen molar-refractivity contribution in [3.63, 3.8) is 0 Å². The number of carbonyl (C=O) groups is 1. The van der Waals surface area contributed by atoms with Crippen molar-refractivity contribution in [1.29, 1.82) is 0 Å². The molecule has 0 saturated heterocycles. The molecule has 0 atom stereocenters. The quantitative estimate of drug-likeness (QED) is 0.754. The van der Waals surface area contributed by atoms with Gasteiger partial charge in [-0.05, 0) is 18.6 Å². The first-order chi connectivity index (χ1) is 7.60. The highest BCUT2D eigenvalue weighted by Gasteiger charge is 2.12. The number of aryl methyl sites for hydroxylation is 1. The van der Waals surface area contributed by atoms with Gasteiger partial charge in [-0.1, -0.05) is 0 Å². The van der Waals surface area contributed by atoms with E-state index in [4.69, 9.17) is 5.73 Å². The van der Waals surface area contributed by atoms with Gasteiger partial charge in [-0.15, -0.1) is 0 Å². The van der Waals surface area contributed by atoms with E-state index in [0.29, 0.717) is 6.54 Å². The van der Waals surface area contributed by atoms with Crippen LogP contribution in [-0.2, 0) is 11.3 Å². The molecule has 0 bridgehead atoms. The number of nitrogens with two attached hydrogens (primary N) is 1. The average molecular weight is 222 g/mol. The van der Waals surface area contributed by atoms with Crippen molar-refractivity contribution in [2.45, 2.75) is 13.5 Å². The number of anilines is 1. The monoisotopic (exact) mass is 222 g/mol. The number of likely N-dealkylation sites (N-methyl/N-ethyl adjacent to an activating group) is 2. The van der Waals surface area contributed by atoms with Gasteiger partial charge < -0.3 is 16.0 Å². The number of amides is 1. The van der Waals surface area contributed by atoms with E-state index in [-0.39, 0.29) is 12.5 Å². The minimum absolute atomic E-state index is 0.0474. The molecular weight excluding hydrogens is 204 g/mol. The summed E-state index contributed by atoms with van der Waals surface area (Å²) < 4.78 is 0. The second-order valence-electron chi connectivity index (χ2n) is 3.66. The molecule has 0 saturated carbocycles. The molecule has 1 aromatic rings. The van der Waals surface area contributed by atoms with Crippen LogP contribution in [0.3, 0.4) is 0 Å². The van der Waals surface area contributed by atoms with E-state index in [1.165, 1.54) is 0 Å². The molecule has 0 aromatic carbocycles. The number of carbonyl (C=O) groups excluding carboxylic acids is 1. The number of aromatic nitrogens is 1. The summed E-state index contributed by atoms with van der Waals surface area (Å²) in [5.41, 5.74) is 7.76. The molecule has 88 valence electrons. The number of hydrogen-bond donors (Lipinski definition) is 2. The van der Waals surface area contributed by atoms with Gasteiger partial charge in [0.15, 0.2) is 0 Å². The third-order valence-corrected chi connectivity index (χ3v) is 2.49. The maximum atomic E-state index is 11.3. The number of pyridine rings is 1. The molecular formula is C11H18N4O. The summed E-state index contributed by atoms with van der Waals surface area (Å²) in [4.78, 5) is 17.3. The first-order valence-corrected chi connectivity index (χ1v) is 5.16.